The SMILES string of the molecule is CN(O)CCOC(=O)OC(C)(C)CCCc1ccccc1. The fraction of sp³-hybridized carbons (Fsp3) is 0.562. The molecule has 0 saturated heterocycles. The number of benzene rings is 1. The van der Waals surface area contributed by atoms with Crippen molar-refractivity contribution >= 4 is 6.16 Å². The number of carbonyl (C=O) groups excluding carboxylic acids is 1. The zero-order chi connectivity index (χ0) is 15.7. The molecule has 1 aromatic carbocycles. The summed E-state index contributed by atoms with van der Waals surface area (Å²) < 4.78 is 10.2. The second-order valence-electron chi connectivity index (χ2n) is 5.68. The molecule has 21 heavy (non-hydrogen) atoms. The maximum atomic E-state index is 11.5. The number of likely N-dealkylation sites (N-methyl/N-ethyl adjacent to an activating group) is 1. The summed E-state index contributed by atoms with van der Waals surface area (Å²) in [5, 5.41) is 9.88. The van der Waals surface area contributed by atoms with E-state index in [-0.39, 0.29) is 13.2 Å². The van der Waals surface area contributed by atoms with E-state index < -0.39 is 11.8 Å². The normalized spacial score (nSPS) is 11.5. The van der Waals surface area contributed by atoms with Crippen molar-refractivity contribution in [2.45, 2.75) is 38.7 Å². The number of carbonyl (C=O) groups is 1. The lowest BCUT2D eigenvalue weighted by Gasteiger charge is -2.24. The summed E-state index contributed by atoms with van der Waals surface area (Å²) >= 11 is 0. The Labute approximate surface area is 126 Å². The number of hydroxylamine groups is 2. The van der Waals surface area contributed by atoms with Gasteiger partial charge in [0.15, 0.2) is 0 Å². The molecule has 0 fully saturated rings. The van der Waals surface area contributed by atoms with Gasteiger partial charge < -0.3 is 14.7 Å². The summed E-state index contributed by atoms with van der Waals surface area (Å²) in [5.41, 5.74) is 0.721. The monoisotopic (exact) mass is 295 g/mol. The lowest BCUT2D eigenvalue weighted by atomic mass is 9.99. The quantitative estimate of drug-likeness (QED) is 0.589. The molecule has 1 aromatic rings. The van der Waals surface area contributed by atoms with Crippen LogP contribution in [0, 0.1) is 0 Å². The number of aryl methyl sites for hydroxylation is 1. The van der Waals surface area contributed by atoms with E-state index >= 15 is 0 Å². The highest BCUT2D eigenvalue weighted by atomic mass is 16.7. The second kappa shape index (κ2) is 8.64. The Morgan fingerprint density at radius 3 is 2.57 bits per heavy atom. The first-order valence-corrected chi connectivity index (χ1v) is 7.19. The van der Waals surface area contributed by atoms with E-state index in [2.05, 4.69) is 12.1 Å². The summed E-state index contributed by atoms with van der Waals surface area (Å²) in [7, 11) is 1.49. The highest BCUT2D eigenvalue weighted by Crippen LogP contribution is 2.19. The van der Waals surface area contributed by atoms with Crippen molar-refractivity contribution in [2.24, 2.45) is 0 Å². The van der Waals surface area contributed by atoms with E-state index in [1.54, 1.807) is 0 Å². The Morgan fingerprint density at radius 2 is 1.95 bits per heavy atom. The van der Waals surface area contributed by atoms with Gasteiger partial charge in [-0.2, -0.15) is 5.06 Å². The largest absolute Gasteiger partial charge is 0.508 e. The van der Waals surface area contributed by atoms with Gasteiger partial charge in [0, 0.05) is 7.05 Å². The van der Waals surface area contributed by atoms with E-state index in [9.17, 15) is 4.79 Å². The van der Waals surface area contributed by atoms with Gasteiger partial charge in [0.05, 0.1) is 6.54 Å². The van der Waals surface area contributed by atoms with Crippen LogP contribution in [0.1, 0.15) is 32.3 Å². The molecule has 0 aliphatic rings. The van der Waals surface area contributed by atoms with Crippen molar-refractivity contribution in [3.8, 4) is 0 Å². The molecule has 0 aromatic heterocycles. The molecule has 1 N–H and O–H groups in total. The first kappa shape index (κ1) is 17.5. The van der Waals surface area contributed by atoms with Gasteiger partial charge >= 0.3 is 6.16 Å². The summed E-state index contributed by atoms with van der Waals surface area (Å²) in [6, 6.07) is 10.2. The Kier molecular flexibility index (Phi) is 7.19. The molecule has 0 spiro atoms. The van der Waals surface area contributed by atoms with Crippen LogP contribution in [-0.2, 0) is 15.9 Å². The minimum atomic E-state index is -0.693. The molecule has 0 unspecified atom stereocenters. The van der Waals surface area contributed by atoms with Gasteiger partial charge in [0.25, 0.3) is 0 Å². The molecule has 5 heteroatoms. The number of hydrogen-bond acceptors (Lipinski definition) is 5. The van der Waals surface area contributed by atoms with E-state index in [4.69, 9.17) is 14.7 Å². The van der Waals surface area contributed by atoms with Crippen molar-refractivity contribution in [2.75, 3.05) is 20.2 Å². The molecule has 0 aliphatic carbocycles. The molecular weight excluding hydrogens is 270 g/mol. The maximum Gasteiger partial charge on any atom is 0.508 e. The summed E-state index contributed by atoms with van der Waals surface area (Å²) in [6.07, 6.45) is 1.96. The van der Waals surface area contributed by atoms with Crippen LogP contribution in [0.4, 0.5) is 4.79 Å². The van der Waals surface area contributed by atoms with Crippen LogP contribution in [0.3, 0.4) is 0 Å². The standard InChI is InChI=1S/C16H25NO4/c1-16(2,21-15(18)20-13-12-17(3)19)11-7-10-14-8-5-4-6-9-14/h4-6,8-9,19H,7,10-13H2,1-3H3. The second-order valence-corrected chi connectivity index (χ2v) is 5.68. The van der Waals surface area contributed by atoms with Crippen molar-refractivity contribution in [3.05, 3.63) is 35.9 Å². The fourth-order valence-electron chi connectivity index (χ4n) is 1.93. The van der Waals surface area contributed by atoms with Crippen LogP contribution < -0.4 is 0 Å². The molecular formula is C16H25NO4. The minimum absolute atomic E-state index is 0.103. The molecule has 118 valence electrons. The third-order valence-corrected chi connectivity index (χ3v) is 3.08. The maximum absolute atomic E-state index is 11.5. The molecule has 0 bridgehead atoms. The van der Waals surface area contributed by atoms with Gasteiger partial charge in [-0.05, 0) is 38.7 Å². The number of rotatable bonds is 8. The lowest BCUT2D eigenvalue weighted by molar-refractivity contribution is -0.0826. The van der Waals surface area contributed by atoms with Gasteiger partial charge in [-0.1, -0.05) is 30.3 Å². The molecule has 0 aliphatic heterocycles. The van der Waals surface area contributed by atoms with E-state index in [0.29, 0.717) is 0 Å². The van der Waals surface area contributed by atoms with Crippen LogP contribution in [-0.4, -0.2) is 42.2 Å². The van der Waals surface area contributed by atoms with Crippen LogP contribution in [0.25, 0.3) is 0 Å². The summed E-state index contributed by atoms with van der Waals surface area (Å²) in [4.78, 5) is 11.5. The van der Waals surface area contributed by atoms with Gasteiger partial charge in [-0.15, -0.1) is 0 Å². The first-order valence-electron chi connectivity index (χ1n) is 7.19. The molecule has 0 radical (unpaired) electrons. The first-order chi connectivity index (χ1) is 9.89. The highest BCUT2D eigenvalue weighted by molar-refractivity contribution is 5.60. The van der Waals surface area contributed by atoms with Gasteiger partial charge in [0.1, 0.15) is 12.2 Å². The van der Waals surface area contributed by atoms with Crippen LogP contribution in [0.15, 0.2) is 30.3 Å². The fourth-order valence-corrected chi connectivity index (χ4v) is 1.93. The van der Waals surface area contributed by atoms with E-state index in [1.807, 2.05) is 32.0 Å². The van der Waals surface area contributed by atoms with Crippen LogP contribution in [0.5, 0.6) is 0 Å². The zero-order valence-corrected chi connectivity index (χ0v) is 13.0. The predicted octanol–water partition coefficient (Wildman–Crippen LogP) is 3.26. The Balaban J connectivity index is 2.24. The Morgan fingerprint density at radius 1 is 1.29 bits per heavy atom. The number of hydrogen-bond donors (Lipinski definition) is 1. The van der Waals surface area contributed by atoms with E-state index in [0.717, 1.165) is 24.3 Å². The summed E-state index contributed by atoms with van der Waals surface area (Å²) in [6.45, 7) is 4.10. The molecule has 0 atom stereocenters. The van der Waals surface area contributed by atoms with Crippen molar-refractivity contribution < 1.29 is 19.5 Å². The van der Waals surface area contributed by atoms with Crippen molar-refractivity contribution in [1.82, 2.24) is 5.06 Å². The molecule has 5 nitrogen and oxygen atoms in total. The van der Waals surface area contributed by atoms with Crippen molar-refractivity contribution in [3.63, 3.8) is 0 Å². The highest BCUT2D eigenvalue weighted by Gasteiger charge is 2.23. The average Bonchev–Trinajstić information content (AvgIpc) is 2.38. The number of nitrogens with zero attached hydrogens (tertiary/aromatic N) is 1. The molecule has 0 amide bonds. The topological polar surface area (TPSA) is 59.0 Å². The zero-order valence-electron chi connectivity index (χ0n) is 13.0. The van der Waals surface area contributed by atoms with Crippen molar-refractivity contribution in [1.29, 1.82) is 0 Å². The molecule has 0 saturated carbocycles. The third kappa shape index (κ3) is 8.32. The molecule has 0 heterocycles. The van der Waals surface area contributed by atoms with E-state index in [1.165, 1.54) is 12.6 Å². The third-order valence-electron chi connectivity index (χ3n) is 3.08. The predicted molar refractivity (Wildman–Crippen MR) is 80.3 cm³/mol. The Hall–Kier alpha value is -1.59. The summed E-state index contributed by atoms with van der Waals surface area (Å²) in [5.74, 6) is 0. The van der Waals surface area contributed by atoms with Gasteiger partial charge in [0.2, 0.25) is 0 Å². The van der Waals surface area contributed by atoms with Gasteiger partial charge in [-0.25, -0.2) is 4.79 Å². The van der Waals surface area contributed by atoms with Crippen LogP contribution >= 0.6 is 0 Å². The smallest absolute Gasteiger partial charge is 0.433 e. The van der Waals surface area contributed by atoms with Gasteiger partial charge in [-0.3, -0.25) is 0 Å². The minimum Gasteiger partial charge on any atom is -0.433 e. The van der Waals surface area contributed by atoms with Crippen LogP contribution in [0.2, 0.25) is 0 Å². The number of ether oxygens (including phenoxy) is 2. The lowest BCUT2D eigenvalue weighted by Crippen LogP contribution is -2.30. The average molecular weight is 295 g/mol. The molecule has 1 rings (SSSR count). The Bertz CT molecular complexity index is 418.